The van der Waals surface area contributed by atoms with Crippen molar-refractivity contribution >= 4 is 55.6 Å². The van der Waals surface area contributed by atoms with Crippen LogP contribution in [0.4, 0.5) is 0 Å². The Hall–Kier alpha value is -6.16. The van der Waals surface area contributed by atoms with E-state index in [2.05, 4.69) is 9.97 Å². The van der Waals surface area contributed by atoms with Gasteiger partial charge in [0.2, 0.25) is 23.0 Å². The van der Waals surface area contributed by atoms with Crippen LogP contribution in [0, 0.1) is 0 Å². The Morgan fingerprint density at radius 3 is 1.24 bits per heavy atom. The van der Waals surface area contributed by atoms with E-state index in [1.54, 1.807) is 0 Å². The molecule has 7 rings (SSSR count). The minimum absolute atomic E-state index is 0.189. The van der Waals surface area contributed by atoms with Crippen molar-refractivity contribution in [3.63, 3.8) is 0 Å². The minimum Gasteiger partial charge on any atom is -0.493 e. The van der Waals surface area contributed by atoms with Gasteiger partial charge in [0, 0.05) is 32.6 Å². The summed E-state index contributed by atoms with van der Waals surface area (Å²) in [6.45, 7) is 0. The van der Waals surface area contributed by atoms with Crippen LogP contribution in [-0.2, 0) is 0 Å². The van der Waals surface area contributed by atoms with Gasteiger partial charge in [0.25, 0.3) is 0 Å². The van der Waals surface area contributed by atoms with E-state index in [0.717, 1.165) is 32.6 Å². The summed E-state index contributed by atoms with van der Waals surface area (Å²) in [6.07, 6.45) is 0. The van der Waals surface area contributed by atoms with Crippen LogP contribution in [-0.4, -0.2) is 50.3 Å². The number of hydrogen-bond donors (Lipinski definition) is 2. The number of fused-ring (bicyclic) bond motifs is 6. The Balaban J connectivity index is 1.20. The number of carbonyl (C=O) groups excluding carboxylic acids is 2. The number of aromatic nitrogens is 2. The molecular formula is C36H28N2O8. The Bertz CT molecular complexity index is 2140. The zero-order valence-corrected chi connectivity index (χ0v) is 25.3. The van der Waals surface area contributed by atoms with Gasteiger partial charge in [-0.25, -0.2) is 9.59 Å². The molecule has 0 atom stereocenters. The number of aromatic amines is 2. The lowest BCUT2D eigenvalue weighted by Gasteiger charge is -2.15. The molecule has 2 N–H and O–H groups in total. The van der Waals surface area contributed by atoms with Crippen molar-refractivity contribution in [1.82, 2.24) is 9.97 Å². The summed E-state index contributed by atoms with van der Waals surface area (Å²) >= 11 is 0. The van der Waals surface area contributed by atoms with Crippen LogP contribution in [0.25, 0.3) is 43.6 Å². The van der Waals surface area contributed by atoms with Crippen LogP contribution in [0.1, 0.15) is 20.7 Å². The number of H-pyrrole nitrogens is 2. The number of nitrogens with one attached hydrogen (secondary N) is 2. The van der Waals surface area contributed by atoms with Gasteiger partial charge in [0.15, 0.2) is 11.5 Å². The van der Waals surface area contributed by atoms with Gasteiger partial charge < -0.3 is 38.4 Å². The molecule has 0 saturated carbocycles. The Labute approximate surface area is 262 Å². The molecule has 0 bridgehead atoms. The first-order valence-corrected chi connectivity index (χ1v) is 14.3. The minimum atomic E-state index is -0.652. The van der Waals surface area contributed by atoms with Crippen molar-refractivity contribution in [3.05, 3.63) is 96.1 Å². The first kappa shape index (κ1) is 28.6. The van der Waals surface area contributed by atoms with E-state index in [-0.39, 0.29) is 34.1 Å². The van der Waals surface area contributed by atoms with Gasteiger partial charge in [-0.2, -0.15) is 0 Å². The maximum Gasteiger partial charge on any atom is 0.343 e. The summed E-state index contributed by atoms with van der Waals surface area (Å²) in [5.74, 6) is 0.441. The highest BCUT2D eigenvalue weighted by Gasteiger charge is 2.25. The predicted molar refractivity (Wildman–Crippen MR) is 174 cm³/mol. The van der Waals surface area contributed by atoms with Crippen molar-refractivity contribution in [2.75, 3.05) is 28.4 Å². The number of benzene rings is 5. The maximum atomic E-state index is 13.4. The fourth-order valence-electron chi connectivity index (χ4n) is 5.76. The van der Waals surface area contributed by atoms with E-state index in [1.807, 2.05) is 60.7 Å². The molecule has 10 heteroatoms. The fraction of sp³-hybridized carbons (Fsp3) is 0.111. The average Bonchev–Trinajstić information content (AvgIpc) is 3.66. The molecule has 0 aliphatic heterocycles. The molecule has 2 heterocycles. The lowest BCUT2D eigenvalue weighted by molar-refractivity contribution is 0.0717. The molecule has 2 aromatic heterocycles. The molecule has 0 aliphatic carbocycles. The van der Waals surface area contributed by atoms with Crippen molar-refractivity contribution in [2.24, 2.45) is 0 Å². The average molecular weight is 617 g/mol. The highest BCUT2D eigenvalue weighted by Crippen LogP contribution is 2.47. The fourth-order valence-corrected chi connectivity index (χ4v) is 5.76. The SMILES string of the molecule is COc1cc2c([nH]c3ccccc32)c(OC(=O)c2ccc(C(=O)Oc3c(OC)c(OC)cc4c3[nH]c3ccccc34)cc2)c1OC. The summed E-state index contributed by atoms with van der Waals surface area (Å²) in [5, 5.41) is 3.50. The second-order valence-corrected chi connectivity index (χ2v) is 10.4. The second-order valence-electron chi connectivity index (χ2n) is 10.4. The van der Waals surface area contributed by atoms with Crippen molar-refractivity contribution < 1.29 is 38.0 Å². The van der Waals surface area contributed by atoms with Gasteiger partial charge >= 0.3 is 11.9 Å². The monoisotopic (exact) mass is 616 g/mol. The summed E-state index contributed by atoms with van der Waals surface area (Å²) < 4.78 is 34.1. The van der Waals surface area contributed by atoms with E-state index in [9.17, 15) is 9.59 Å². The zero-order valence-electron chi connectivity index (χ0n) is 25.3. The first-order valence-electron chi connectivity index (χ1n) is 14.3. The standard InChI is InChI=1S/C36H28N2O8/c1-41-27-17-23-21-9-5-7-11-25(21)37-29(23)33(31(27)43-3)45-35(39)19-13-15-20(16-14-19)36(40)46-34-30-24(18-28(42-2)32(34)44-4)22-10-6-8-12-26(22)38-30/h5-18,37-38H,1-4H3. The molecule has 7 aromatic rings. The van der Waals surface area contributed by atoms with Gasteiger partial charge in [0.05, 0.1) is 50.6 Å². The Kier molecular flexibility index (Phi) is 7.09. The van der Waals surface area contributed by atoms with Crippen LogP contribution in [0.5, 0.6) is 34.5 Å². The smallest absolute Gasteiger partial charge is 0.343 e. The molecule has 0 spiro atoms. The molecule has 0 unspecified atom stereocenters. The van der Waals surface area contributed by atoms with Crippen LogP contribution in [0.2, 0.25) is 0 Å². The quantitative estimate of drug-likeness (QED) is 0.134. The van der Waals surface area contributed by atoms with E-state index in [1.165, 1.54) is 52.7 Å². The van der Waals surface area contributed by atoms with E-state index in [4.69, 9.17) is 28.4 Å². The van der Waals surface area contributed by atoms with Gasteiger partial charge in [0.1, 0.15) is 0 Å². The van der Waals surface area contributed by atoms with Gasteiger partial charge in [-0.15, -0.1) is 0 Å². The number of hydrogen-bond acceptors (Lipinski definition) is 8. The van der Waals surface area contributed by atoms with E-state index < -0.39 is 11.9 Å². The lowest BCUT2D eigenvalue weighted by atomic mass is 10.1. The first-order chi connectivity index (χ1) is 22.4. The number of rotatable bonds is 8. The van der Waals surface area contributed by atoms with E-state index in [0.29, 0.717) is 22.5 Å². The third kappa shape index (κ3) is 4.58. The third-order valence-corrected chi connectivity index (χ3v) is 7.95. The molecule has 0 radical (unpaired) electrons. The summed E-state index contributed by atoms with van der Waals surface area (Å²) in [4.78, 5) is 33.5. The largest absolute Gasteiger partial charge is 0.493 e. The highest BCUT2D eigenvalue weighted by molar-refractivity contribution is 6.13. The maximum absolute atomic E-state index is 13.4. The highest BCUT2D eigenvalue weighted by atomic mass is 16.6. The van der Waals surface area contributed by atoms with Gasteiger partial charge in [-0.1, -0.05) is 36.4 Å². The normalized spacial score (nSPS) is 11.2. The Morgan fingerprint density at radius 2 is 0.870 bits per heavy atom. The third-order valence-electron chi connectivity index (χ3n) is 7.95. The van der Waals surface area contributed by atoms with Crippen LogP contribution in [0.3, 0.4) is 0 Å². The molecule has 10 nitrogen and oxygen atoms in total. The summed E-state index contributed by atoms with van der Waals surface area (Å²) in [7, 11) is 5.99. The molecule has 0 aliphatic rings. The number of methoxy groups -OCH3 is 4. The molecule has 0 amide bonds. The summed E-state index contributed by atoms with van der Waals surface area (Å²) in [5.41, 5.74) is 3.33. The molecule has 5 aromatic carbocycles. The number of para-hydroxylation sites is 2. The van der Waals surface area contributed by atoms with Crippen LogP contribution < -0.4 is 28.4 Å². The lowest BCUT2D eigenvalue weighted by Crippen LogP contribution is -2.12. The molecule has 0 saturated heterocycles. The number of carbonyl (C=O) groups is 2. The van der Waals surface area contributed by atoms with Crippen LogP contribution in [0.15, 0.2) is 84.9 Å². The number of ether oxygens (including phenoxy) is 6. The summed E-state index contributed by atoms with van der Waals surface area (Å²) in [6, 6.07) is 25.1. The second kappa shape index (κ2) is 11.4. The number of esters is 2. The van der Waals surface area contributed by atoms with Crippen molar-refractivity contribution in [3.8, 4) is 34.5 Å². The van der Waals surface area contributed by atoms with Crippen LogP contribution >= 0.6 is 0 Å². The predicted octanol–water partition coefficient (Wildman–Crippen LogP) is 7.43. The van der Waals surface area contributed by atoms with E-state index >= 15 is 0 Å². The van der Waals surface area contributed by atoms with Crippen molar-refractivity contribution in [1.29, 1.82) is 0 Å². The van der Waals surface area contributed by atoms with Crippen molar-refractivity contribution in [2.45, 2.75) is 0 Å². The topological polar surface area (TPSA) is 121 Å². The van der Waals surface area contributed by atoms with Gasteiger partial charge in [-0.3, -0.25) is 0 Å². The molecule has 230 valence electrons. The zero-order chi connectivity index (χ0) is 31.9. The molecular weight excluding hydrogens is 588 g/mol. The Morgan fingerprint density at radius 1 is 0.478 bits per heavy atom. The molecule has 46 heavy (non-hydrogen) atoms. The molecule has 0 fully saturated rings. The van der Waals surface area contributed by atoms with Gasteiger partial charge in [-0.05, 0) is 48.5 Å².